The number of carbonyl (C=O) groups is 2. The second-order valence-corrected chi connectivity index (χ2v) is 6.13. The van der Waals surface area contributed by atoms with Crippen molar-refractivity contribution >= 4 is 34.8 Å². The molecule has 0 radical (unpaired) electrons. The van der Waals surface area contributed by atoms with Gasteiger partial charge in [0.15, 0.2) is 0 Å². The minimum absolute atomic E-state index is 0.289. The van der Waals surface area contributed by atoms with Gasteiger partial charge < -0.3 is 15.1 Å². The van der Waals surface area contributed by atoms with Crippen LogP contribution in [0.15, 0.2) is 48.5 Å². The van der Waals surface area contributed by atoms with Gasteiger partial charge in [-0.3, -0.25) is 9.59 Å². The second kappa shape index (κ2) is 7.53. The van der Waals surface area contributed by atoms with Gasteiger partial charge in [-0.25, -0.2) is 4.39 Å². The van der Waals surface area contributed by atoms with Crippen molar-refractivity contribution < 1.29 is 14.0 Å². The Hall–Kier alpha value is -2.60. The van der Waals surface area contributed by atoms with Crippen LogP contribution in [0.5, 0.6) is 0 Å². The summed E-state index contributed by atoms with van der Waals surface area (Å²) in [6, 6.07) is 13.1. The highest BCUT2D eigenvalue weighted by Crippen LogP contribution is 2.20. The highest BCUT2D eigenvalue weighted by Gasteiger charge is 2.26. The SMILES string of the molecule is O=C(Nc1ccc(Cl)cc1)C(=O)N1CCN(c2ccccc2F)CC1. The first kappa shape index (κ1) is 17.2. The molecule has 1 aliphatic rings. The average molecular weight is 362 g/mol. The van der Waals surface area contributed by atoms with Crippen molar-refractivity contribution in [2.45, 2.75) is 0 Å². The van der Waals surface area contributed by atoms with E-state index in [-0.39, 0.29) is 5.82 Å². The fourth-order valence-electron chi connectivity index (χ4n) is 2.72. The third kappa shape index (κ3) is 4.09. The molecular weight excluding hydrogens is 345 g/mol. The zero-order valence-corrected chi connectivity index (χ0v) is 14.2. The molecule has 5 nitrogen and oxygen atoms in total. The van der Waals surface area contributed by atoms with Crippen LogP contribution in [0.4, 0.5) is 15.8 Å². The van der Waals surface area contributed by atoms with E-state index < -0.39 is 11.8 Å². The molecule has 0 bridgehead atoms. The topological polar surface area (TPSA) is 52.7 Å². The maximum Gasteiger partial charge on any atom is 0.313 e. The van der Waals surface area contributed by atoms with Gasteiger partial charge in [-0.2, -0.15) is 0 Å². The normalized spacial score (nSPS) is 14.3. The molecule has 0 unspecified atom stereocenters. The third-order valence-corrected chi connectivity index (χ3v) is 4.31. The minimum atomic E-state index is -0.693. The molecule has 7 heteroatoms. The Balaban J connectivity index is 1.57. The van der Waals surface area contributed by atoms with Gasteiger partial charge in [0.25, 0.3) is 0 Å². The van der Waals surface area contributed by atoms with Gasteiger partial charge in [0.2, 0.25) is 0 Å². The van der Waals surface area contributed by atoms with Gasteiger partial charge in [0, 0.05) is 36.9 Å². The predicted octanol–water partition coefficient (Wildman–Crippen LogP) is 2.77. The Labute approximate surface area is 150 Å². The Bertz CT molecular complexity index is 774. The van der Waals surface area contributed by atoms with Crippen molar-refractivity contribution in [2.24, 2.45) is 0 Å². The summed E-state index contributed by atoms with van der Waals surface area (Å²) in [4.78, 5) is 27.7. The van der Waals surface area contributed by atoms with E-state index in [0.717, 1.165) is 0 Å². The maximum absolute atomic E-state index is 13.8. The van der Waals surface area contributed by atoms with Crippen molar-refractivity contribution in [2.75, 3.05) is 36.4 Å². The van der Waals surface area contributed by atoms with Crippen molar-refractivity contribution in [3.63, 3.8) is 0 Å². The number of nitrogens with zero attached hydrogens (tertiary/aromatic N) is 2. The number of hydrogen-bond acceptors (Lipinski definition) is 3. The van der Waals surface area contributed by atoms with Crippen LogP contribution >= 0.6 is 11.6 Å². The third-order valence-electron chi connectivity index (χ3n) is 4.06. The summed E-state index contributed by atoms with van der Waals surface area (Å²) in [7, 11) is 0. The summed E-state index contributed by atoms with van der Waals surface area (Å²) in [5.41, 5.74) is 1.02. The Morgan fingerprint density at radius 3 is 2.24 bits per heavy atom. The molecule has 1 saturated heterocycles. The molecule has 0 atom stereocenters. The van der Waals surface area contributed by atoms with Crippen LogP contribution in [0, 0.1) is 5.82 Å². The lowest BCUT2D eigenvalue weighted by Crippen LogP contribution is -2.51. The molecule has 130 valence electrons. The summed E-state index contributed by atoms with van der Waals surface area (Å²) in [5, 5.41) is 3.11. The van der Waals surface area contributed by atoms with Crippen molar-refractivity contribution in [3.8, 4) is 0 Å². The molecule has 0 aromatic heterocycles. The zero-order chi connectivity index (χ0) is 17.8. The number of benzene rings is 2. The van der Waals surface area contributed by atoms with Crippen LogP contribution in [-0.2, 0) is 9.59 Å². The highest BCUT2D eigenvalue weighted by atomic mass is 35.5. The highest BCUT2D eigenvalue weighted by molar-refractivity contribution is 6.39. The molecule has 2 aromatic carbocycles. The summed E-state index contributed by atoms with van der Waals surface area (Å²) >= 11 is 5.79. The molecule has 2 amide bonds. The van der Waals surface area contributed by atoms with E-state index >= 15 is 0 Å². The summed E-state index contributed by atoms with van der Waals surface area (Å²) in [6.07, 6.45) is 0. The van der Waals surface area contributed by atoms with E-state index in [1.807, 2.05) is 4.90 Å². The number of piperazine rings is 1. The van der Waals surface area contributed by atoms with Crippen LogP contribution in [0.2, 0.25) is 5.02 Å². The van der Waals surface area contributed by atoms with Crippen LogP contribution < -0.4 is 10.2 Å². The van der Waals surface area contributed by atoms with Gasteiger partial charge in [-0.15, -0.1) is 0 Å². The molecule has 0 spiro atoms. The van der Waals surface area contributed by atoms with E-state index in [2.05, 4.69) is 5.32 Å². The number of para-hydroxylation sites is 1. The van der Waals surface area contributed by atoms with Gasteiger partial charge >= 0.3 is 11.8 Å². The molecule has 2 aromatic rings. The number of hydrogen-bond donors (Lipinski definition) is 1. The Kier molecular flexibility index (Phi) is 5.19. The monoisotopic (exact) mass is 361 g/mol. The van der Waals surface area contributed by atoms with Gasteiger partial charge in [0.1, 0.15) is 5.82 Å². The molecule has 3 rings (SSSR count). The van der Waals surface area contributed by atoms with Crippen molar-refractivity contribution in [1.29, 1.82) is 0 Å². The largest absolute Gasteiger partial charge is 0.366 e. The lowest BCUT2D eigenvalue weighted by atomic mass is 10.2. The molecule has 1 heterocycles. The number of carbonyl (C=O) groups excluding carboxylic acids is 2. The van der Waals surface area contributed by atoms with Crippen molar-refractivity contribution in [3.05, 3.63) is 59.4 Å². The number of amides is 2. The van der Waals surface area contributed by atoms with E-state index in [1.54, 1.807) is 42.5 Å². The van der Waals surface area contributed by atoms with Crippen LogP contribution in [0.3, 0.4) is 0 Å². The number of nitrogens with one attached hydrogen (secondary N) is 1. The van der Waals surface area contributed by atoms with E-state index in [0.29, 0.717) is 42.6 Å². The first-order valence-electron chi connectivity index (χ1n) is 7.90. The molecule has 1 N–H and O–H groups in total. The van der Waals surface area contributed by atoms with Crippen molar-refractivity contribution in [1.82, 2.24) is 4.90 Å². The average Bonchev–Trinajstić information content (AvgIpc) is 2.63. The zero-order valence-electron chi connectivity index (χ0n) is 13.4. The quantitative estimate of drug-likeness (QED) is 0.837. The smallest absolute Gasteiger partial charge is 0.313 e. The number of anilines is 2. The first-order valence-corrected chi connectivity index (χ1v) is 8.28. The van der Waals surface area contributed by atoms with Crippen LogP contribution in [-0.4, -0.2) is 42.9 Å². The molecule has 1 aliphatic heterocycles. The summed E-state index contributed by atoms with van der Waals surface area (Å²) in [5.74, 6) is -1.58. The van der Waals surface area contributed by atoms with E-state index in [9.17, 15) is 14.0 Å². The predicted molar refractivity (Wildman–Crippen MR) is 95.3 cm³/mol. The van der Waals surface area contributed by atoms with Crippen LogP contribution in [0.1, 0.15) is 0 Å². The molecular formula is C18H17ClFN3O2. The van der Waals surface area contributed by atoms with E-state index in [1.165, 1.54) is 11.0 Å². The van der Waals surface area contributed by atoms with Gasteiger partial charge in [0.05, 0.1) is 5.69 Å². The fourth-order valence-corrected chi connectivity index (χ4v) is 2.85. The maximum atomic E-state index is 13.8. The lowest BCUT2D eigenvalue weighted by molar-refractivity contribution is -0.143. The first-order chi connectivity index (χ1) is 12.0. The number of halogens is 2. The Morgan fingerprint density at radius 2 is 1.60 bits per heavy atom. The van der Waals surface area contributed by atoms with Gasteiger partial charge in [-0.05, 0) is 36.4 Å². The molecule has 25 heavy (non-hydrogen) atoms. The van der Waals surface area contributed by atoms with Gasteiger partial charge in [-0.1, -0.05) is 23.7 Å². The molecule has 1 fully saturated rings. The Morgan fingerprint density at radius 1 is 0.960 bits per heavy atom. The number of rotatable bonds is 2. The van der Waals surface area contributed by atoms with E-state index in [4.69, 9.17) is 11.6 Å². The molecule has 0 saturated carbocycles. The van der Waals surface area contributed by atoms with Crippen LogP contribution in [0.25, 0.3) is 0 Å². The standard InChI is InChI=1S/C18H17ClFN3O2/c19-13-5-7-14(8-6-13)21-17(24)18(25)23-11-9-22(10-12-23)16-4-2-1-3-15(16)20/h1-8H,9-12H2,(H,21,24). The second-order valence-electron chi connectivity index (χ2n) is 5.69. The lowest BCUT2D eigenvalue weighted by Gasteiger charge is -2.35. The summed E-state index contributed by atoms with van der Waals surface area (Å²) < 4.78 is 13.8. The minimum Gasteiger partial charge on any atom is -0.366 e. The fraction of sp³-hybridized carbons (Fsp3) is 0.222. The molecule has 0 aliphatic carbocycles. The summed E-state index contributed by atoms with van der Waals surface area (Å²) in [6.45, 7) is 1.67.